The van der Waals surface area contributed by atoms with Crippen LogP contribution in [0.15, 0.2) is 24.5 Å². The molecule has 0 atom stereocenters. The first-order valence-electron chi connectivity index (χ1n) is 7.32. The lowest BCUT2D eigenvalue weighted by Gasteiger charge is -2.27. The molecule has 0 unspecified atom stereocenters. The van der Waals surface area contributed by atoms with E-state index in [1.807, 2.05) is 12.1 Å². The Hall–Kier alpha value is -2.11. The molecule has 2 amide bonds. The highest BCUT2D eigenvalue weighted by molar-refractivity contribution is 5.80. The van der Waals surface area contributed by atoms with Crippen LogP contribution in [0.25, 0.3) is 0 Å². The summed E-state index contributed by atoms with van der Waals surface area (Å²) in [7, 11) is 0. The molecule has 0 aromatic carbocycles. The molecule has 0 radical (unpaired) electrons. The quantitative estimate of drug-likeness (QED) is 0.835. The van der Waals surface area contributed by atoms with Crippen LogP contribution in [0.2, 0.25) is 0 Å². The summed E-state index contributed by atoms with van der Waals surface area (Å²) in [4.78, 5) is 28.6. The fourth-order valence-corrected chi connectivity index (χ4v) is 2.69. The number of hydrogen-bond donors (Lipinski definition) is 2. The fraction of sp³-hybridized carbons (Fsp3) is 0.533. The van der Waals surface area contributed by atoms with E-state index in [9.17, 15) is 9.59 Å². The number of carboxylic acids is 1. The summed E-state index contributed by atoms with van der Waals surface area (Å²) in [5.41, 5.74) is 1.04. The average Bonchev–Trinajstić information content (AvgIpc) is 2.99. The van der Waals surface area contributed by atoms with Gasteiger partial charge in [-0.05, 0) is 30.9 Å². The monoisotopic (exact) mass is 291 g/mol. The van der Waals surface area contributed by atoms with Gasteiger partial charge in [-0.2, -0.15) is 0 Å². The van der Waals surface area contributed by atoms with Crippen molar-refractivity contribution in [3.05, 3.63) is 30.1 Å². The third-order valence-electron chi connectivity index (χ3n) is 3.74. The van der Waals surface area contributed by atoms with Crippen LogP contribution in [0.4, 0.5) is 4.79 Å². The van der Waals surface area contributed by atoms with Crippen molar-refractivity contribution in [3.8, 4) is 0 Å². The summed E-state index contributed by atoms with van der Waals surface area (Å²) < 4.78 is 0. The van der Waals surface area contributed by atoms with Crippen molar-refractivity contribution in [2.24, 2.45) is 0 Å². The molecule has 6 heteroatoms. The Balaban J connectivity index is 1.84. The highest BCUT2D eigenvalue weighted by atomic mass is 16.4. The van der Waals surface area contributed by atoms with Crippen LogP contribution in [0.5, 0.6) is 0 Å². The molecule has 1 aromatic heterocycles. The van der Waals surface area contributed by atoms with Gasteiger partial charge >= 0.3 is 12.0 Å². The lowest BCUT2D eigenvalue weighted by molar-refractivity contribution is -0.138. The van der Waals surface area contributed by atoms with Gasteiger partial charge in [-0.3, -0.25) is 9.78 Å². The van der Waals surface area contributed by atoms with Gasteiger partial charge in [-0.1, -0.05) is 18.9 Å². The van der Waals surface area contributed by atoms with Gasteiger partial charge in [-0.25, -0.2) is 4.79 Å². The molecule has 114 valence electrons. The molecule has 21 heavy (non-hydrogen) atoms. The number of rotatable bonds is 6. The Morgan fingerprint density at radius 1 is 1.38 bits per heavy atom. The number of pyridine rings is 1. The van der Waals surface area contributed by atoms with E-state index in [0.717, 1.165) is 31.2 Å². The van der Waals surface area contributed by atoms with E-state index in [4.69, 9.17) is 5.11 Å². The predicted molar refractivity (Wildman–Crippen MR) is 77.9 cm³/mol. The Morgan fingerprint density at radius 3 is 2.76 bits per heavy atom. The average molecular weight is 291 g/mol. The first-order valence-corrected chi connectivity index (χ1v) is 7.32. The van der Waals surface area contributed by atoms with Gasteiger partial charge in [0.25, 0.3) is 0 Å². The van der Waals surface area contributed by atoms with E-state index in [1.165, 1.54) is 4.90 Å². The second kappa shape index (κ2) is 7.61. The summed E-state index contributed by atoms with van der Waals surface area (Å²) in [5.74, 6) is -0.968. The molecule has 6 nitrogen and oxygen atoms in total. The van der Waals surface area contributed by atoms with Gasteiger partial charge in [0.15, 0.2) is 0 Å². The Kier molecular flexibility index (Phi) is 5.54. The first kappa shape index (κ1) is 15.3. The summed E-state index contributed by atoms with van der Waals surface area (Å²) in [5, 5.41) is 11.8. The number of nitrogens with one attached hydrogen (secondary N) is 1. The predicted octanol–water partition coefficient (Wildman–Crippen LogP) is 1.66. The van der Waals surface area contributed by atoms with Crippen LogP contribution in [0, 0.1) is 0 Å². The standard InChI is InChI=1S/C15H21N3O3/c19-14(20)11-18(13-5-1-2-6-13)15(21)17-9-7-12-4-3-8-16-10-12/h3-4,8,10,13H,1-2,5-7,9,11H2,(H,17,21)(H,19,20). The molecule has 0 aliphatic heterocycles. The third kappa shape index (κ3) is 4.73. The van der Waals surface area contributed by atoms with Crippen molar-refractivity contribution in [1.82, 2.24) is 15.2 Å². The molecule has 1 aliphatic rings. The van der Waals surface area contributed by atoms with Gasteiger partial charge < -0.3 is 15.3 Å². The number of amides is 2. The molecule has 0 spiro atoms. The molecule has 0 saturated heterocycles. The van der Waals surface area contributed by atoms with Crippen molar-refractivity contribution in [1.29, 1.82) is 0 Å². The number of carboxylic acid groups (broad SMARTS) is 1. The van der Waals surface area contributed by atoms with E-state index in [-0.39, 0.29) is 18.6 Å². The van der Waals surface area contributed by atoms with Crippen molar-refractivity contribution < 1.29 is 14.7 Å². The second-order valence-corrected chi connectivity index (χ2v) is 5.30. The number of urea groups is 1. The first-order chi connectivity index (χ1) is 10.2. The molecule has 1 aromatic rings. The molecular formula is C15H21N3O3. The van der Waals surface area contributed by atoms with Crippen molar-refractivity contribution >= 4 is 12.0 Å². The number of hydrogen-bond acceptors (Lipinski definition) is 3. The van der Waals surface area contributed by atoms with E-state index in [1.54, 1.807) is 12.4 Å². The highest BCUT2D eigenvalue weighted by Gasteiger charge is 2.28. The minimum absolute atomic E-state index is 0.0551. The largest absolute Gasteiger partial charge is 0.480 e. The van der Waals surface area contributed by atoms with E-state index in [2.05, 4.69) is 10.3 Å². The van der Waals surface area contributed by atoms with E-state index < -0.39 is 5.97 Å². The van der Waals surface area contributed by atoms with Crippen LogP contribution < -0.4 is 5.32 Å². The van der Waals surface area contributed by atoms with Crippen molar-refractivity contribution in [2.75, 3.05) is 13.1 Å². The summed E-state index contributed by atoms with van der Waals surface area (Å²) in [6.45, 7) is 0.247. The van der Waals surface area contributed by atoms with Gasteiger partial charge in [0.2, 0.25) is 0 Å². The van der Waals surface area contributed by atoms with Crippen LogP contribution in [-0.4, -0.2) is 46.1 Å². The zero-order valence-electron chi connectivity index (χ0n) is 12.0. The number of carbonyl (C=O) groups excluding carboxylic acids is 1. The smallest absolute Gasteiger partial charge is 0.323 e. The lowest BCUT2D eigenvalue weighted by atomic mass is 10.2. The Morgan fingerprint density at radius 2 is 2.14 bits per heavy atom. The fourth-order valence-electron chi connectivity index (χ4n) is 2.69. The zero-order valence-corrected chi connectivity index (χ0v) is 12.0. The maximum absolute atomic E-state index is 12.2. The van der Waals surface area contributed by atoms with Crippen LogP contribution >= 0.6 is 0 Å². The highest BCUT2D eigenvalue weighted by Crippen LogP contribution is 2.23. The maximum Gasteiger partial charge on any atom is 0.323 e. The van der Waals surface area contributed by atoms with Gasteiger partial charge in [0.05, 0.1) is 0 Å². The molecule has 2 rings (SSSR count). The van der Waals surface area contributed by atoms with E-state index in [0.29, 0.717) is 13.0 Å². The summed E-state index contributed by atoms with van der Waals surface area (Å²) in [6.07, 6.45) is 8.06. The Labute approximate surface area is 124 Å². The molecule has 0 bridgehead atoms. The maximum atomic E-state index is 12.2. The van der Waals surface area contributed by atoms with Gasteiger partial charge in [0.1, 0.15) is 6.54 Å². The molecule has 1 heterocycles. The molecule has 1 aliphatic carbocycles. The summed E-state index contributed by atoms with van der Waals surface area (Å²) in [6, 6.07) is 3.57. The summed E-state index contributed by atoms with van der Waals surface area (Å²) >= 11 is 0. The molecule has 1 fully saturated rings. The minimum atomic E-state index is -0.968. The molecule has 1 saturated carbocycles. The number of carbonyl (C=O) groups is 2. The third-order valence-corrected chi connectivity index (χ3v) is 3.74. The second-order valence-electron chi connectivity index (χ2n) is 5.30. The van der Waals surface area contributed by atoms with Crippen LogP contribution in [0.1, 0.15) is 31.2 Å². The number of nitrogens with zero attached hydrogens (tertiary/aromatic N) is 2. The van der Waals surface area contributed by atoms with Crippen molar-refractivity contribution in [3.63, 3.8) is 0 Å². The van der Waals surface area contributed by atoms with Gasteiger partial charge in [0, 0.05) is 25.0 Å². The number of aromatic nitrogens is 1. The van der Waals surface area contributed by atoms with Crippen LogP contribution in [0.3, 0.4) is 0 Å². The molecular weight excluding hydrogens is 270 g/mol. The SMILES string of the molecule is O=C(O)CN(C(=O)NCCc1cccnc1)C1CCCC1. The Bertz CT molecular complexity index is 472. The van der Waals surface area contributed by atoms with Crippen LogP contribution in [-0.2, 0) is 11.2 Å². The van der Waals surface area contributed by atoms with E-state index >= 15 is 0 Å². The minimum Gasteiger partial charge on any atom is -0.480 e. The zero-order chi connectivity index (χ0) is 15.1. The molecule has 2 N–H and O–H groups in total. The van der Waals surface area contributed by atoms with Gasteiger partial charge in [-0.15, -0.1) is 0 Å². The topological polar surface area (TPSA) is 82.5 Å². The normalized spacial score (nSPS) is 14.9. The number of aliphatic carboxylic acids is 1. The van der Waals surface area contributed by atoms with Crippen molar-refractivity contribution in [2.45, 2.75) is 38.1 Å². The lowest BCUT2D eigenvalue weighted by Crippen LogP contribution is -2.48.